The summed E-state index contributed by atoms with van der Waals surface area (Å²) in [4.78, 5) is 2.03. The lowest BCUT2D eigenvalue weighted by Gasteiger charge is -2.27. The van der Waals surface area contributed by atoms with Crippen molar-refractivity contribution in [1.29, 1.82) is 0 Å². The molecular formula is C21H34BN6. The van der Waals surface area contributed by atoms with Crippen molar-refractivity contribution in [2.24, 2.45) is 5.41 Å². The molecule has 151 valence electrons. The van der Waals surface area contributed by atoms with Crippen molar-refractivity contribution in [3.63, 3.8) is 0 Å². The van der Waals surface area contributed by atoms with Gasteiger partial charge in [-0.25, -0.2) is 15.1 Å². The third-order valence-electron chi connectivity index (χ3n) is 5.10. The number of nitrogens with zero attached hydrogens (tertiary/aromatic N) is 6. The lowest BCUT2D eigenvalue weighted by Crippen LogP contribution is -2.50. The summed E-state index contributed by atoms with van der Waals surface area (Å²) >= 11 is 0. The van der Waals surface area contributed by atoms with Gasteiger partial charge < -0.3 is 9.19 Å². The number of aromatic nitrogens is 4. The molecule has 6 nitrogen and oxygen atoms in total. The second-order valence-electron chi connectivity index (χ2n) is 10.9. The first kappa shape index (κ1) is 20.4. The van der Waals surface area contributed by atoms with Crippen LogP contribution in [0.15, 0.2) is 36.8 Å². The average molecular weight is 381 g/mol. The van der Waals surface area contributed by atoms with Crippen LogP contribution in [0.1, 0.15) is 73.7 Å². The largest absolute Gasteiger partial charge is 0.400 e. The van der Waals surface area contributed by atoms with Gasteiger partial charge in [-0.15, -0.1) is 0 Å². The van der Waals surface area contributed by atoms with Crippen LogP contribution in [0.25, 0.3) is 0 Å². The van der Waals surface area contributed by atoms with Crippen molar-refractivity contribution < 1.29 is 0 Å². The molecule has 3 heterocycles. The number of rotatable bonds is 3. The topological polar surface area (TPSA) is 53.0 Å². The molecule has 2 aromatic rings. The van der Waals surface area contributed by atoms with Gasteiger partial charge in [0.2, 0.25) is 0 Å². The second-order valence-corrected chi connectivity index (χ2v) is 10.9. The minimum absolute atomic E-state index is 0.00336. The predicted octanol–water partition coefficient (Wildman–Crippen LogP) is 3.36. The van der Waals surface area contributed by atoms with E-state index in [1.165, 1.54) is 0 Å². The molecule has 0 aliphatic carbocycles. The van der Waals surface area contributed by atoms with Crippen LogP contribution in [0.4, 0.5) is 0 Å². The number of hydrazone groups is 1. The Balaban J connectivity index is 2.05. The van der Waals surface area contributed by atoms with E-state index in [0.717, 1.165) is 17.1 Å². The first-order valence-electron chi connectivity index (χ1n) is 10.1. The molecule has 1 aliphatic heterocycles. The zero-order chi connectivity index (χ0) is 20.9. The predicted molar refractivity (Wildman–Crippen MR) is 117 cm³/mol. The third-order valence-corrected chi connectivity index (χ3v) is 5.10. The Morgan fingerprint density at radius 2 is 1.21 bits per heavy atom. The molecule has 0 saturated heterocycles. The van der Waals surface area contributed by atoms with E-state index >= 15 is 0 Å². The van der Waals surface area contributed by atoms with Crippen LogP contribution >= 0.6 is 0 Å². The molecule has 0 unspecified atom stereocenters. The Morgan fingerprint density at radius 3 is 1.54 bits per heavy atom. The van der Waals surface area contributed by atoms with Crippen LogP contribution < -0.4 is 5.10 Å². The SMILES string of the molecule is CC(C)(C)C1=[N+]N([BH-](n2ccc(C(C)(C)C)n2)n2ccc(C(C)(C)C)n2)C=C1. The zero-order valence-corrected chi connectivity index (χ0v) is 18.9. The van der Waals surface area contributed by atoms with E-state index in [9.17, 15) is 0 Å². The van der Waals surface area contributed by atoms with Crippen LogP contribution in [0.2, 0.25) is 0 Å². The van der Waals surface area contributed by atoms with Gasteiger partial charge in [-0.05, 0) is 45.3 Å². The van der Waals surface area contributed by atoms with E-state index in [2.05, 4.69) is 99.1 Å². The van der Waals surface area contributed by atoms with Gasteiger partial charge in [-0.3, -0.25) is 0 Å². The molecule has 2 aromatic heterocycles. The van der Waals surface area contributed by atoms with Crippen molar-refractivity contribution >= 4 is 12.8 Å². The van der Waals surface area contributed by atoms with Crippen molar-refractivity contribution in [3.05, 3.63) is 48.2 Å². The average Bonchev–Trinajstić information content (AvgIpc) is 3.26. The number of hydrogen-bond donors (Lipinski definition) is 0. The minimum Gasteiger partial charge on any atom is -0.400 e. The van der Waals surface area contributed by atoms with Gasteiger partial charge in [0, 0.05) is 23.1 Å². The Morgan fingerprint density at radius 1 is 0.750 bits per heavy atom. The van der Waals surface area contributed by atoms with Gasteiger partial charge in [0.1, 0.15) is 5.10 Å². The molecule has 7 heteroatoms. The second kappa shape index (κ2) is 6.64. The maximum absolute atomic E-state index is 4.91. The van der Waals surface area contributed by atoms with Gasteiger partial charge in [0.05, 0.1) is 16.8 Å². The van der Waals surface area contributed by atoms with Gasteiger partial charge in [-0.2, -0.15) is 0 Å². The summed E-state index contributed by atoms with van der Waals surface area (Å²) in [6, 6.07) is 4.20. The molecule has 0 atom stereocenters. The Bertz CT molecular complexity index is 846. The number of hydrogen-bond acceptors (Lipinski definition) is 4. The monoisotopic (exact) mass is 381 g/mol. The molecular weight excluding hydrogens is 347 g/mol. The van der Waals surface area contributed by atoms with Crippen LogP contribution in [0.5, 0.6) is 0 Å². The molecule has 3 rings (SSSR count). The van der Waals surface area contributed by atoms with E-state index in [4.69, 9.17) is 15.3 Å². The maximum atomic E-state index is 4.91. The van der Waals surface area contributed by atoms with Crippen LogP contribution in [-0.4, -0.2) is 37.1 Å². The van der Waals surface area contributed by atoms with Crippen molar-refractivity contribution in [2.45, 2.75) is 73.1 Å². The van der Waals surface area contributed by atoms with Gasteiger partial charge in [-0.1, -0.05) is 41.5 Å². The summed E-state index contributed by atoms with van der Waals surface area (Å²) in [6.07, 6.45) is 8.26. The van der Waals surface area contributed by atoms with Gasteiger partial charge >= 0.3 is 7.12 Å². The van der Waals surface area contributed by atoms with Gasteiger partial charge in [0.25, 0.3) is 5.71 Å². The summed E-state index contributed by atoms with van der Waals surface area (Å²) in [5, 5.41) is 14.7. The normalized spacial score (nSPS) is 15.6. The summed E-state index contributed by atoms with van der Waals surface area (Å²) in [7, 11) is -1.34. The molecule has 0 N–H and O–H groups in total. The quantitative estimate of drug-likeness (QED) is 0.767. The third kappa shape index (κ3) is 4.08. The van der Waals surface area contributed by atoms with E-state index in [1.54, 1.807) is 0 Å². The van der Waals surface area contributed by atoms with Gasteiger partial charge in [0.15, 0.2) is 0 Å². The first-order valence-corrected chi connectivity index (χ1v) is 10.1. The minimum atomic E-state index is -1.34. The van der Waals surface area contributed by atoms with Crippen molar-refractivity contribution in [2.75, 3.05) is 0 Å². The summed E-state index contributed by atoms with van der Waals surface area (Å²) in [5.41, 5.74) is 3.19. The fraction of sp³-hybridized carbons (Fsp3) is 0.571. The highest BCUT2D eigenvalue weighted by molar-refractivity contribution is 6.52. The van der Waals surface area contributed by atoms with E-state index < -0.39 is 7.12 Å². The Kier molecular flexibility index (Phi) is 4.84. The molecule has 0 spiro atoms. The van der Waals surface area contributed by atoms with Crippen molar-refractivity contribution in [1.82, 2.24) is 29.4 Å². The molecule has 1 radical (unpaired) electrons. The Hall–Kier alpha value is -2.31. The van der Waals surface area contributed by atoms with Crippen LogP contribution in [0.3, 0.4) is 0 Å². The number of allylic oxidation sites excluding steroid dienone is 1. The molecule has 28 heavy (non-hydrogen) atoms. The summed E-state index contributed by atoms with van der Waals surface area (Å²) in [5.74, 6) is 0. The maximum Gasteiger partial charge on any atom is 0.374 e. The molecule has 1 aliphatic rings. The fourth-order valence-corrected chi connectivity index (χ4v) is 3.20. The standard InChI is InChI=1S/C21H34BN6/c1-19(2,3)16-10-13-26(23-16)22(27-14-11-17(24-27)20(4,5)6)28-15-12-18(25-28)21(7,8)9/h10-15,22H,1-9H3. The molecule has 0 fully saturated rings. The van der Waals surface area contributed by atoms with Crippen LogP contribution in [0, 0.1) is 5.41 Å². The van der Waals surface area contributed by atoms with Crippen molar-refractivity contribution in [3.8, 4) is 0 Å². The first-order chi connectivity index (χ1) is 12.8. The Labute approximate surface area is 169 Å². The summed E-state index contributed by atoms with van der Waals surface area (Å²) < 4.78 is 4.05. The van der Waals surface area contributed by atoms with E-state index in [-0.39, 0.29) is 16.2 Å². The van der Waals surface area contributed by atoms with Crippen LogP contribution in [-0.2, 0) is 10.8 Å². The lowest BCUT2D eigenvalue weighted by atomic mass is 9.90. The smallest absolute Gasteiger partial charge is 0.374 e. The molecule has 0 bridgehead atoms. The molecule has 0 amide bonds. The fourth-order valence-electron chi connectivity index (χ4n) is 3.20. The highest BCUT2D eigenvalue weighted by Gasteiger charge is 2.35. The molecule has 0 saturated carbocycles. The lowest BCUT2D eigenvalue weighted by molar-refractivity contribution is 0.489. The molecule has 0 aromatic carbocycles. The zero-order valence-electron chi connectivity index (χ0n) is 18.9. The summed E-state index contributed by atoms with van der Waals surface area (Å²) in [6.45, 7) is 19.6. The highest BCUT2D eigenvalue weighted by atomic mass is 15.5. The van der Waals surface area contributed by atoms with E-state index in [0.29, 0.717) is 0 Å². The highest BCUT2D eigenvalue weighted by Crippen LogP contribution is 2.23. The van der Waals surface area contributed by atoms with E-state index in [1.807, 2.05) is 14.1 Å².